The molecule has 80 valence electrons. The third-order valence-electron chi connectivity index (χ3n) is 2.35. The summed E-state index contributed by atoms with van der Waals surface area (Å²) < 4.78 is 5.65. The van der Waals surface area contributed by atoms with E-state index in [1.165, 1.54) is 25.7 Å². The number of unbranched alkanes of at least 4 members (excludes halogenated alkanes) is 1. The van der Waals surface area contributed by atoms with Crippen LogP contribution in [0.5, 0.6) is 0 Å². The molecule has 0 aromatic rings. The molecule has 0 aromatic carbocycles. The highest BCUT2D eigenvalue weighted by Gasteiger charge is 2.05. The van der Waals surface area contributed by atoms with Crippen LogP contribution >= 0.6 is 0 Å². The molecular weight excluding hydrogens is 160 g/mol. The van der Waals surface area contributed by atoms with Crippen LogP contribution in [0.2, 0.25) is 0 Å². The van der Waals surface area contributed by atoms with Crippen molar-refractivity contribution in [2.75, 3.05) is 13.2 Å². The predicted molar refractivity (Wildman–Crippen MR) is 59.0 cm³/mol. The van der Waals surface area contributed by atoms with Gasteiger partial charge in [-0.2, -0.15) is 0 Å². The number of rotatable bonds is 8. The smallest absolute Gasteiger partial charge is 0.0494 e. The van der Waals surface area contributed by atoms with Crippen molar-refractivity contribution in [3.8, 4) is 0 Å². The summed E-state index contributed by atoms with van der Waals surface area (Å²) in [5.74, 6) is 1.46. The summed E-state index contributed by atoms with van der Waals surface area (Å²) in [4.78, 5) is 0. The Morgan fingerprint density at radius 3 is 2.23 bits per heavy atom. The van der Waals surface area contributed by atoms with Gasteiger partial charge in [0.15, 0.2) is 0 Å². The monoisotopic (exact) mass is 186 g/mol. The van der Waals surface area contributed by atoms with Crippen LogP contribution in [-0.2, 0) is 4.74 Å². The molecule has 1 nitrogen and oxygen atoms in total. The van der Waals surface area contributed by atoms with Crippen molar-refractivity contribution in [3.63, 3.8) is 0 Å². The molecule has 0 heterocycles. The maximum Gasteiger partial charge on any atom is 0.0494 e. The Morgan fingerprint density at radius 2 is 1.77 bits per heavy atom. The van der Waals surface area contributed by atoms with Gasteiger partial charge in [-0.3, -0.25) is 0 Å². The van der Waals surface area contributed by atoms with E-state index in [0.717, 1.165) is 19.1 Å². The molecular formula is C12H26O. The molecule has 0 N–H and O–H groups in total. The molecule has 0 bridgehead atoms. The van der Waals surface area contributed by atoms with Crippen LogP contribution in [0.1, 0.15) is 53.4 Å². The van der Waals surface area contributed by atoms with Gasteiger partial charge in [0.2, 0.25) is 0 Å². The Kier molecular flexibility index (Phi) is 8.53. The second-order valence-corrected chi connectivity index (χ2v) is 4.35. The first-order chi connectivity index (χ1) is 6.20. The summed E-state index contributed by atoms with van der Waals surface area (Å²) in [6.07, 6.45) is 5.26. The molecule has 0 aliphatic heterocycles. The summed E-state index contributed by atoms with van der Waals surface area (Å²) in [7, 11) is 0. The molecule has 0 saturated heterocycles. The van der Waals surface area contributed by atoms with E-state index in [0.29, 0.717) is 5.92 Å². The normalized spacial score (nSPS) is 13.6. The fraction of sp³-hybridized carbons (Fsp3) is 1.00. The molecule has 0 aliphatic rings. The standard InChI is InChI=1S/C12H26O/c1-5-7-8-12(6-2)10-13-9-11(3)4/h11-12H,5-10H2,1-4H3/t12-/m1/s1. The van der Waals surface area contributed by atoms with Gasteiger partial charge in [0.1, 0.15) is 0 Å². The highest BCUT2D eigenvalue weighted by molar-refractivity contribution is 4.56. The number of hydrogen-bond acceptors (Lipinski definition) is 1. The Bertz CT molecular complexity index is 99.3. The van der Waals surface area contributed by atoms with Crippen LogP contribution in [0.4, 0.5) is 0 Å². The van der Waals surface area contributed by atoms with Crippen molar-refractivity contribution in [2.24, 2.45) is 11.8 Å². The van der Waals surface area contributed by atoms with Crippen molar-refractivity contribution >= 4 is 0 Å². The summed E-state index contributed by atoms with van der Waals surface area (Å²) >= 11 is 0. The molecule has 0 radical (unpaired) electrons. The zero-order chi connectivity index (χ0) is 10.1. The van der Waals surface area contributed by atoms with Crippen molar-refractivity contribution < 1.29 is 4.74 Å². The number of hydrogen-bond donors (Lipinski definition) is 0. The Morgan fingerprint density at radius 1 is 1.08 bits per heavy atom. The lowest BCUT2D eigenvalue weighted by atomic mass is 10.0. The van der Waals surface area contributed by atoms with E-state index in [9.17, 15) is 0 Å². The molecule has 13 heavy (non-hydrogen) atoms. The van der Waals surface area contributed by atoms with E-state index < -0.39 is 0 Å². The van der Waals surface area contributed by atoms with Crippen molar-refractivity contribution in [2.45, 2.75) is 53.4 Å². The summed E-state index contributed by atoms with van der Waals surface area (Å²) in [5.41, 5.74) is 0. The van der Waals surface area contributed by atoms with Crippen LogP contribution < -0.4 is 0 Å². The second-order valence-electron chi connectivity index (χ2n) is 4.35. The third kappa shape index (κ3) is 8.29. The van der Waals surface area contributed by atoms with Gasteiger partial charge in [-0.25, -0.2) is 0 Å². The van der Waals surface area contributed by atoms with E-state index >= 15 is 0 Å². The molecule has 0 saturated carbocycles. The molecule has 0 amide bonds. The maximum absolute atomic E-state index is 5.65. The van der Waals surface area contributed by atoms with E-state index in [1.54, 1.807) is 0 Å². The lowest BCUT2D eigenvalue weighted by Gasteiger charge is -2.15. The lowest BCUT2D eigenvalue weighted by Crippen LogP contribution is -2.11. The van der Waals surface area contributed by atoms with Crippen LogP contribution in [-0.4, -0.2) is 13.2 Å². The quantitative estimate of drug-likeness (QED) is 0.559. The Hall–Kier alpha value is -0.0400. The van der Waals surface area contributed by atoms with E-state index in [2.05, 4.69) is 27.7 Å². The van der Waals surface area contributed by atoms with Gasteiger partial charge < -0.3 is 4.74 Å². The van der Waals surface area contributed by atoms with Crippen molar-refractivity contribution in [1.29, 1.82) is 0 Å². The van der Waals surface area contributed by atoms with Crippen molar-refractivity contribution in [1.82, 2.24) is 0 Å². The van der Waals surface area contributed by atoms with Crippen LogP contribution in [0.25, 0.3) is 0 Å². The molecule has 0 spiro atoms. The van der Waals surface area contributed by atoms with Gasteiger partial charge >= 0.3 is 0 Å². The molecule has 0 unspecified atom stereocenters. The first kappa shape index (κ1) is 13.0. The summed E-state index contributed by atoms with van der Waals surface area (Å²) in [5, 5.41) is 0. The Balaban J connectivity index is 3.36. The zero-order valence-electron chi connectivity index (χ0n) is 9.81. The fourth-order valence-corrected chi connectivity index (χ4v) is 1.37. The highest BCUT2D eigenvalue weighted by Crippen LogP contribution is 2.13. The van der Waals surface area contributed by atoms with Gasteiger partial charge in [-0.15, -0.1) is 0 Å². The average Bonchev–Trinajstić information content (AvgIpc) is 2.10. The molecule has 0 rings (SSSR count). The van der Waals surface area contributed by atoms with Gasteiger partial charge in [0.25, 0.3) is 0 Å². The zero-order valence-corrected chi connectivity index (χ0v) is 9.81. The van der Waals surface area contributed by atoms with Crippen LogP contribution in [0, 0.1) is 11.8 Å². The first-order valence-electron chi connectivity index (χ1n) is 5.78. The minimum atomic E-state index is 0.670. The van der Waals surface area contributed by atoms with Gasteiger partial charge in [-0.1, -0.05) is 47.0 Å². The van der Waals surface area contributed by atoms with E-state index in [4.69, 9.17) is 4.74 Å². The predicted octanol–water partition coefficient (Wildman–Crippen LogP) is 3.88. The fourth-order valence-electron chi connectivity index (χ4n) is 1.37. The minimum Gasteiger partial charge on any atom is -0.381 e. The van der Waals surface area contributed by atoms with Gasteiger partial charge in [0.05, 0.1) is 0 Å². The molecule has 0 fully saturated rings. The second kappa shape index (κ2) is 8.55. The van der Waals surface area contributed by atoms with Gasteiger partial charge in [0, 0.05) is 13.2 Å². The number of ether oxygens (including phenoxy) is 1. The highest BCUT2D eigenvalue weighted by atomic mass is 16.5. The molecule has 0 aliphatic carbocycles. The van der Waals surface area contributed by atoms with Crippen LogP contribution in [0.3, 0.4) is 0 Å². The largest absolute Gasteiger partial charge is 0.381 e. The van der Waals surface area contributed by atoms with Crippen molar-refractivity contribution in [3.05, 3.63) is 0 Å². The third-order valence-corrected chi connectivity index (χ3v) is 2.35. The van der Waals surface area contributed by atoms with Gasteiger partial charge in [-0.05, 0) is 18.3 Å². The van der Waals surface area contributed by atoms with Crippen LogP contribution in [0.15, 0.2) is 0 Å². The molecule has 1 atom stereocenters. The summed E-state index contributed by atoms with van der Waals surface area (Å²) in [6, 6.07) is 0. The molecule has 0 aromatic heterocycles. The Labute approximate surface area is 83.9 Å². The first-order valence-corrected chi connectivity index (χ1v) is 5.78. The lowest BCUT2D eigenvalue weighted by molar-refractivity contribution is 0.0750. The summed E-state index contributed by atoms with van der Waals surface area (Å²) in [6.45, 7) is 10.8. The molecule has 1 heteroatoms. The average molecular weight is 186 g/mol. The van der Waals surface area contributed by atoms with E-state index in [-0.39, 0.29) is 0 Å². The topological polar surface area (TPSA) is 9.23 Å². The maximum atomic E-state index is 5.65. The SMILES string of the molecule is CCCC[C@@H](CC)COCC(C)C. The minimum absolute atomic E-state index is 0.670. The van der Waals surface area contributed by atoms with E-state index in [1.807, 2.05) is 0 Å².